The third-order valence-corrected chi connectivity index (χ3v) is 5.42. The van der Waals surface area contributed by atoms with Crippen molar-refractivity contribution in [3.63, 3.8) is 0 Å². The van der Waals surface area contributed by atoms with E-state index in [4.69, 9.17) is 21.1 Å². The fourth-order valence-electron chi connectivity index (χ4n) is 2.91. The molecule has 1 N–H and O–H groups in total. The number of pyridine rings is 1. The van der Waals surface area contributed by atoms with Crippen molar-refractivity contribution in [1.82, 2.24) is 15.2 Å². The van der Waals surface area contributed by atoms with Gasteiger partial charge in [-0.3, -0.25) is 10.1 Å². The summed E-state index contributed by atoms with van der Waals surface area (Å²) < 4.78 is 24.8. The molecule has 7 nitrogen and oxygen atoms in total. The average molecular weight is 471 g/mol. The van der Waals surface area contributed by atoms with Gasteiger partial charge >= 0.3 is 0 Å². The van der Waals surface area contributed by atoms with E-state index in [9.17, 15) is 9.18 Å². The summed E-state index contributed by atoms with van der Waals surface area (Å²) in [5.74, 6) is -0.811. The Hall–Kier alpha value is -3.56. The number of rotatable bonds is 7. The van der Waals surface area contributed by atoms with Crippen molar-refractivity contribution in [2.45, 2.75) is 6.61 Å². The summed E-state index contributed by atoms with van der Waals surface area (Å²) in [4.78, 5) is 16.6. The zero-order valence-electron chi connectivity index (χ0n) is 16.7. The van der Waals surface area contributed by atoms with E-state index in [1.807, 2.05) is 12.1 Å². The van der Waals surface area contributed by atoms with E-state index >= 15 is 0 Å². The van der Waals surface area contributed by atoms with Crippen molar-refractivity contribution in [1.29, 1.82) is 0 Å². The monoisotopic (exact) mass is 470 g/mol. The molecule has 0 bridgehead atoms. The van der Waals surface area contributed by atoms with E-state index < -0.39 is 11.9 Å². The zero-order valence-corrected chi connectivity index (χ0v) is 18.3. The number of carbonyl (C=O) groups excluding carboxylic acids is 1. The molecule has 0 aliphatic rings. The van der Waals surface area contributed by atoms with Gasteiger partial charge in [0.2, 0.25) is 11.1 Å². The molecular weight excluding hydrogens is 455 g/mol. The van der Waals surface area contributed by atoms with Gasteiger partial charge in [0.1, 0.15) is 12.4 Å². The molecule has 0 saturated carbocycles. The number of aromatic nitrogens is 3. The predicted octanol–water partition coefficient (Wildman–Crippen LogP) is 5.23. The first-order chi connectivity index (χ1) is 15.5. The van der Waals surface area contributed by atoms with Crippen molar-refractivity contribution < 1.29 is 18.7 Å². The molecule has 2 aromatic carbocycles. The van der Waals surface area contributed by atoms with Crippen molar-refractivity contribution in [3.05, 3.63) is 82.9 Å². The van der Waals surface area contributed by atoms with E-state index in [1.165, 1.54) is 13.3 Å². The number of ether oxygens (including phenoxy) is 2. The molecule has 0 aliphatic carbocycles. The van der Waals surface area contributed by atoms with Crippen molar-refractivity contribution in [2.75, 3.05) is 12.4 Å². The van der Waals surface area contributed by atoms with E-state index in [2.05, 4.69) is 20.5 Å². The normalized spacial score (nSPS) is 10.6. The van der Waals surface area contributed by atoms with Gasteiger partial charge in [0.15, 0.2) is 0 Å². The Morgan fingerprint density at radius 3 is 2.69 bits per heavy atom. The van der Waals surface area contributed by atoms with E-state index in [1.54, 1.807) is 36.4 Å². The van der Waals surface area contributed by atoms with Crippen molar-refractivity contribution >= 4 is 34.0 Å². The SMILES string of the molecule is COc1ccccc1-c1cnc(F)cc1C(=O)Nc1nnc(OCc2ccc(Cl)cc2)s1. The van der Waals surface area contributed by atoms with Gasteiger partial charge in [0.25, 0.3) is 11.1 Å². The van der Waals surface area contributed by atoms with Crippen molar-refractivity contribution in [3.8, 4) is 22.1 Å². The molecule has 0 saturated heterocycles. The molecule has 0 radical (unpaired) electrons. The van der Waals surface area contributed by atoms with Crippen LogP contribution in [0.1, 0.15) is 15.9 Å². The summed E-state index contributed by atoms with van der Waals surface area (Å²) in [5, 5.41) is 11.6. The number of carbonyl (C=O) groups is 1. The highest BCUT2D eigenvalue weighted by Crippen LogP contribution is 2.32. The van der Waals surface area contributed by atoms with Crippen LogP contribution in [0, 0.1) is 5.95 Å². The third kappa shape index (κ3) is 5.01. The van der Waals surface area contributed by atoms with Crippen LogP contribution in [0.3, 0.4) is 0 Å². The number of halogens is 2. The Morgan fingerprint density at radius 2 is 1.91 bits per heavy atom. The maximum Gasteiger partial charge on any atom is 0.296 e. The second kappa shape index (κ2) is 9.71. The Bertz CT molecular complexity index is 1250. The molecule has 4 rings (SSSR count). The molecule has 2 heterocycles. The topological polar surface area (TPSA) is 86.2 Å². The van der Waals surface area contributed by atoms with Gasteiger partial charge in [-0.25, -0.2) is 4.98 Å². The first-order valence-electron chi connectivity index (χ1n) is 9.34. The summed E-state index contributed by atoms with van der Waals surface area (Å²) in [6, 6.07) is 15.4. The Labute approximate surface area is 191 Å². The standard InChI is InChI=1S/C22H16ClFN4O3S/c1-30-18-5-3-2-4-15(18)17-11-25-19(24)10-16(17)20(29)26-21-27-28-22(32-21)31-12-13-6-8-14(23)9-7-13/h2-11H,12H2,1H3,(H,26,27,29). The lowest BCUT2D eigenvalue weighted by Gasteiger charge is -2.12. The van der Waals surface area contributed by atoms with Crippen LogP contribution in [0.5, 0.6) is 10.9 Å². The lowest BCUT2D eigenvalue weighted by atomic mass is 10.0. The molecule has 1 amide bonds. The molecule has 162 valence electrons. The van der Waals surface area contributed by atoms with Crippen LogP contribution >= 0.6 is 22.9 Å². The lowest BCUT2D eigenvalue weighted by Crippen LogP contribution is -2.14. The molecule has 10 heteroatoms. The number of hydrogen-bond acceptors (Lipinski definition) is 7. The van der Waals surface area contributed by atoms with Gasteiger partial charge in [0, 0.05) is 28.4 Å². The van der Waals surface area contributed by atoms with E-state index in [0.717, 1.165) is 23.0 Å². The van der Waals surface area contributed by atoms with Crippen LogP contribution in [-0.4, -0.2) is 28.2 Å². The summed E-state index contributed by atoms with van der Waals surface area (Å²) in [6.07, 6.45) is 1.29. The first kappa shape index (κ1) is 21.7. The van der Waals surface area contributed by atoms with Crippen LogP contribution in [-0.2, 0) is 6.61 Å². The number of benzene rings is 2. The lowest BCUT2D eigenvalue weighted by molar-refractivity contribution is 0.102. The van der Waals surface area contributed by atoms with E-state index in [0.29, 0.717) is 21.9 Å². The van der Waals surface area contributed by atoms with Crippen LogP contribution in [0.25, 0.3) is 11.1 Å². The number of amides is 1. The highest BCUT2D eigenvalue weighted by atomic mass is 35.5. The molecule has 0 aliphatic heterocycles. The molecule has 4 aromatic rings. The summed E-state index contributed by atoms with van der Waals surface area (Å²) >= 11 is 6.93. The minimum absolute atomic E-state index is 0.0841. The number of nitrogens with zero attached hydrogens (tertiary/aromatic N) is 3. The summed E-state index contributed by atoms with van der Waals surface area (Å²) in [5.41, 5.74) is 2.02. The Morgan fingerprint density at radius 1 is 1.12 bits per heavy atom. The Kier molecular flexibility index (Phi) is 6.58. The van der Waals surface area contributed by atoms with E-state index in [-0.39, 0.29) is 22.5 Å². The smallest absolute Gasteiger partial charge is 0.296 e. The zero-order chi connectivity index (χ0) is 22.5. The predicted molar refractivity (Wildman–Crippen MR) is 120 cm³/mol. The number of methoxy groups -OCH3 is 1. The maximum atomic E-state index is 13.9. The molecular formula is C22H16ClFN4O3S. The minimum Gasteiger partial charge on any atom is -0.496 e. The van der Waals surface area contributed by atoms with Gasteiger partial charge in [-0.15, -0.1) is 5.10 Å². The van der Waals surface area contributed by atoms with Crippen LogP contribution in [0.15, 0.2) is 60.8 Å². The van der Waals surface area contributed by atoms with Crippen LogP contribution in [0.2, 0.25) is 5.02 Å². The first-order valence-corrected chi connectivity index (χ1v) is 10.5. The quantitative estimate of drug-likeness (QED) is 0.372. The number of nitrogens with one attached hydrogen (secondary N) is 1. The molecule has 0 unspecified atom stereocenters. The van der Waals surface area contributed by atoms with Gasteiger partial charge < -0.3 is 9.47 Å². The average Bonchev–Trinajstić information content (AvgIpc) is 3.26. The molecule has 2 aromatic heterocycles. The molecule has 0 spiro atoms. The number of hydrogen-bond donors (Lipinski definition) is 1. The maximum absolute atomic E-state index is 13.9. The molecule has 32 heavy (non-hydrogen) atoms. The van der Waals surface area contributed by atoms with Gasteiger partial charge in [-0.1, -0.05) is 47.0 Å². The van der Waals surface area contributed by atoms with Crippen molar-refractivity contribution in [2.24, 2.45) is 0 Å². The highest BCUT2D eigenvalue weighted by Gasteiger charge is 2.19. The molecule has 0 fully saturated rings. The van der Waals surface area contributed by atoms with Gasteiger partial charge in [-0.2, -0.15) is 4.39 Å². The second-order valence-corrected chi connectivity index (χ2v) is 7.87. The van der Waals surface area contributed by atoms with Crippen LogP contribution in [0.4, 0.5) is 9.52 Å². The second-order valence-electron chi connectivity index (χ2n) is 6.50. The number of para-hydroxylation sites is 1. The highest BCUT2D eigenvalue weighted by molar-refractivity contribution is 7.17. The minimum atomic E-state index is -0.780. The fourth-order valence-corrected chi connectivity index (χ4v) is 3.62. The largest absolute Gasteiger partial charge is 0.496 e. The summed E-state index contributed by atoms with van der Waals surface area (Å²) in [6.45, 7) is 0.271. The Balaban J connectivity index is 1.51. The number of anilines is 1. The third-order valence-electron chi connectivity index (χ3n) is 4.41. The summed E-state index contributed by atoms with van der Waals surface area (Å²) in [7, 11) is 1.52. The fraction of sp³-hybridized carbons (Fsp3) is 0.0909. The van der Waals surface area contributed by atoms with Gasteiger partial charge in [0.05, 0.1) is 12.7 Å². The van der Waals surface area contributed by atoms with Crippen LogP contribution < -0.4 is 14.8 Å². The molecule has 0 atom stereocenters. The van der Waals surface area contributed by atoms with Gasteiger partial charge in [-0.05, 0) is 35.1 Å².